The molecule has 0 aliphatic heterocycles. The zero-order valence-corrected chi connectivity index (χ0v) is 11.0. The van der Waals surface area contributed by atoms with Gasteiger partial charge in [0.05, 0.1) is 12.8 Å². The molecule has 0 atom stereocenters. The Labute approximate surface area is 114 Å². The van der Waals surface area contributed by atoms with Gasteiger partial charge in [-0.15, -0.1) is 0 Å². The summed E-state index contributed by atoms with van der Waals surface area (Å²) in [6.45, 7) is -0.232. The SMILES string of the molecule is COCOc1c(F)cc(-c2cccc(OC)n2)cc1F. The van der Waals surface area contributed by atoms with E-state index in [2.05, 4.69) is 9.72 Å². The van der Waals surface area contributed by atoms with Gasteiger partial charge in [-0.05, 0) is 18.2 Å². The molecule has 0 bridgehead atoms. The largest absolute Gasteiger partial charge is 0.481 e. The molecule has 2 aromatic rings. The highest BCUT2D eigenvalue weighted by molar-refractivity contribution is 5.61. The summed E-state index contributed by atoms with van der Waals surface area (Å²) in [6.07, 6.45) is 0. The Morgan fingerprint density at radius 2 is 1.80 bits per heavy atom. The van der Waals surface area contributed by atoms with Crippen molar-refractivity contribution in [1.29, 1.82) is 0 Å². The fraction of sp³-hybridized carbons (Fsp3) is 0.214. The predicted molar refractivity (Wildman–Crippen MR) is 68.6 cm³/mol. The van der Waals surface area contributed by atoms with E-state index in [4.69, 9.17) is 9.47 Å². The maximum Gasteiger partial charge on any atom is 0.213 e. The van der Waals surface area contributed by atoms with E-state index in [0.29, 0.717) is 17.1 Å². The summed E-state index contributed by atoms with van der Waals surface area (Å²) >= 11 is 0. The smallest absolute Gasteiger partial charge is 0.213 e. The first-order valence-corrected chi connectivity index (χ1v) is 5.78. The topological polar surface area (TPSA) is 40.6 Å². The van der Waals surface area contributed by atoms with Gasteiger partial charge >= 0.3 is 0 Å². The summed E-state index contributed by atoms with van der Waals surface area (Å²) < 4.78 is 42.1. The van der Waals surface area contributed by atoms with E-state index in [9.17, 15) is 8.78 Å². The Bertz CT molecular complexity index is 582. The fourth-order valence-electron chi connectivity index (χ4n) is 1.65. The molecule has 0 aliphatic rings. The van der Waals surface area contributed by atoms with Gasteiger partial charge < -0.3 is 14.2 Å². The zero-order valence-electron chi connectivity index (χ0n) is 11.0. The van der Waals surface area contributed by atoms with Crippen LogP contribution in [0.4, 0.5) is 8.78 Å². The molecule has 1 aromatic heterocycles. The van der Waals surface area contributed by atoms with Crippen LogP contribution in [-0.4, -0.2) is 26.0 Å². The molecule has 0 amide bonds. The van der Waals surface area contributed by atoms with Crippen LogP contribution in [0.25, 0.3) is 11.3 Å². The second kappa shape index (κ2) is 6.29. The highest BCUT2D eigenvalue weighted by Gasteiger charge is 2.14. The van der Waals surface area contributed by atoms with Crippen molar-refractivity contribution in [2.75, 3.05) is 21.0 Å². The number of aromatic nitrogens is 1. The van der Waals surface area contributed by atoms with Crippen molar-refractivity contribution in [3.63, 3.8) is 0 Å². The fourth-order valence-corrected chi connectivity index (χ4v) is 1.65. The van der Waals surface area contributed by atoms with Crippen molar-refractivity contribution < 1.29 is 23.0 Å². The Hall–Kier alpha value is -2.21. The average Bonchev–Trinajstić information content (AvgIpc) is 2.46. The first-order valence-electron chi connectivity index (χ1n) is 5.78. The first kappa shape index (κ1) is 14.2. The van der Waals surface area contributed by atoms with Crippen LogP contribution in [0, 0.1) is 11.6 Å². The van der Waals surface area contributed by atoms with E-state index in [1.54, 1.807) is 18.2 Å². The number of benzene rings is 1. The summed E-state index contributed by atoms with van der Waals surface area (Å²) in [7, 11) is 2.83. The minimum absolute atomic E-state index is 0.232. The van der Waals surface area contributed by atoms with Gasteiger partial charge in [0.15, 0.2) is 24.2 Å². The van der Waals surface area contributed by atoms with E-state index in [1.807, 2.05) is 0 Å². The van der Waals surface area contributed by atoms with Gasteiger partial charge in [-0.2, -0.15) is 0 Å². The molecule has 6 heteroatoms. The number of halogens is 2. The van der Waals surface area contributed by atoms with Crippen LogP contribution >= 0.6 is 0 Å². The molecule has 1 aromatic carbocycles. The molecule has 20 heavy (non-hydrogen) atoms. The van der Waals surface area contributed by atoms with Crippen LogP contribution in [0.5, 0.6) is 11.6 Å². The molecule has 1 heterocycles. The maximum atomic E-state index is 13.8. The second-order valence-electron chi connectivity index (χ2n) is 3.89. The van der Waals surface area contributed by atoms with Crippen LogP contribution in [0.2, 0.25) is 0 Å². The molecule has 0 fully saturated rings. The standard InChI is InChI=1S/C14H13F2NO3/c1-18-8-20-14-10(15)6-9(7-11(14)16)12-4-3-5-13(17-12)19-2/h3-7H,8H2,1-2H3. The number of methoxy groups -OCH3 is 2. The van der Waals surface area contributed by atoms with Crippen LogP contribution in [-0.2, 0) is 4.74 Å². The minimum atomic E-state index is -0.818. The highest BCUT2D eigenvalue weighted by atomic mass is 19.1. The van der Waals surface area contributed by atoms with Crippen LogP contribution < -0.4 is 9.47 Å². The van der Waals surface area contributed by atoms with Crippen LogP contribution in [0.1, 0.15) is 0 Å². The number of rotatable bonds is 5. The van der Waals surface area contributed by atoms with Crippen molar-refractivity contribution in [2.24, 2.45) is 0 Å². The molecule has 0 unspecified atom stereocenters. The molecular weight excluding hydrogens is 268 g/mol. The van der Waals surface area contributed by atoms with Crippen molar-refractivity contribution in [3.8, 4) is 22.9 Å². The number of ether oxygens (including phenoxy) is 3. The third kappa shape index (κ3) is 3.03. The van der Waals surface area contributed by atoms with Gasteiger partial charge in [-0.1, -0.05) is 6.07 Å². The minimum Gasteiger partial charge on any atom is -0.481 e. The van der Waals surface area contributed by atoms with Crippen molar-refractivity contribution in [2.45, 2.75) is 0 Å². The van der Waals surface area contributed by atoms with E-state index in [1.165, 1.54) is 14.2 Å². The lowest BCUT2D eigenvalue weighted by molar-refractivity contribution is 0.0453. The first-order chi connectivity index (χ1) is 9.65. The van der Waals surface area contributed by atoms with Gasteiger partial charge in [-0.3, -0.25) is 0 Å². The number of nitrogens with zero attached hydrogens (tertiary/aromatic N) is 1. The van der Waals surface area contributed by atoms with Gasteiger partial charge in [-0.25, -0.2) is 13.8 Å². The highest BCUT2D eigenvalue weighted by Crippen LogP contribution is 2.28. The van der Waals surface area contributed by atoms with E-state index in [-0.39, 0.29) is 6.79 Å². The lowest BCUT2D eigenvalue weighted by atomic mass is 10.1. The second-order valence-corrected chi connectivity index (χ2v) is 3.89. The maximum absolute atomic E-state index is 13.8. The van der Waals surface area contributed by atoms with Gasteiger partial charge in [0.25, 0.3) is 0 Å². The quantitative estimate of drug-likeness (QED) is 0.790. The summed E-state index contributed by atoms with van der Waals surface area (Å²) in [5.74, 6) is -1.75. The lowest BCUT2D eigenvalue weighted by Gasteiger charge is -2.09. The van der Waals surface area contributed by atoms with E-state index in [0.717, 1.165) is 12.1 Å². The summed E-state index contributed by atoms with van der Waals surface area (Å²) in [4.78, 5) is 4.11. The molecule has 4 nitrogen and oxygen atoms in total. The summed E-state index contributed by atoms with van der Waals surface area (Å²) in [5.41, 5.74) is 0.698. The average molecular weight is 281 g/mol. The zero-order chi connectivity index (χ0) is 14.5. The Morgan fingerprint density at radius 1 is 1.10 bits per heavy atom. The van der Waals surface area contributed by atoms with Gasteiger partial charge in [0.1, 0.15) is 0 Å². The Morgan fingerprint density at radius 3 is 2.40 bits per heavy atom. The monoisotopic (exact) mass is 281 g/mol. The molecule has 0 aliphatic carbocycles. The van der Waals surface area contributed by atoms with E-state index >= 15 is 0 Å². The predicted octanol–water partition coefficient (Wildman–Crippen LogP) is 3.02. The van der Waals surface area contributed by atoms with Crippen molar-refractivity contribution in [3.05, 3.63) is 42.0 Å². The van der Waals surface area contributed by atoms with E-state index < -0.39 is 17.4 Å². The summed E-state index contributed by atoms with van der Waals surface area (Å²) in [6, 6.07) is 7.26. The lowest BCUT2D eigenvalue weighted by Crippen LogP contribution is -2.03. The normalized spacial score (nSPS) is 10.4. The number of hydrogen-bond donors (Lipinski definition) is 0. The van der Waals surface area contributed by atoms with Gasteiger partial charge in [0.2, 0.25) is 5.88 Å². The Balaban J connectivity index is 2.38. The number of hydrogen-bond acceptors (Lipinski definition) is 4. The molecule has 0 spiro atoms. The molecule has 2 rings (SSSR count). The molecule has 0 N–H and O–H groups in total. The molecule has 0 saturated carbocycles. The molecule has 106 valence electrons. The third-order valence-corrected chi connectivity index (χ3v) is 2.55. The van der Waals surface area contributed by atoms with Crippen molar-refractivity contribution >= 4 is 0 Å². The van der Waals surface area contributed by atoms with Crippen LogP contribution in [0.3, 0.4) is 0 Å². The molecular formula is C14H13F2NO3. The third-order valence-electron chi connectivity index (χ3n) is 2.55. The van der Waals surface area contributed by atoms with Crippen LogP contribution in [0.15, 0.2) is 30.3 Å². The number of pyridine rings is 1. The summed E-state index contributed by atoms with van der Waals surface area (Å²) in [5, 5.41) is 0. The molecule has 0 saturated heterocycles. The molecule has 0 radical (unpaired) electrons. The van der Waals surface area contributed by atoms with Gasteiger partial charge in [0, 0.05) is 18.7 Å². The Kier molecular flexibility index (Phi) is 4.47. The van der Waals surface area contributed by atoms with Crippen molar-refractivity contribution in [1.82, 2.24) is 4.98 Å².